The molecule has 8 atom stereocenters. The van der Waals surface area contributed by atoms with Gasteiger partial charge < -0.3 is 19.3 Å². The van der Waals surface area contributed by atoms with Crippen molar-refractivity contribution >= 4 is 11.9 Å². The number of hydrogen-bond donors (Lipinski definition) is 1. The Morgan fingerprint density at radius 2 is 1.76 bits per heavy atom. The van der Waals surface area contributed by atoms with E-state index >= 15 is 0 Å². The lowest BCUT2D eigenvalue weighted by Crippen LogP contribution is -2.63. The van der Waals surface area contributed by atoms with Crippen LogP contribution in [0.15, 0.2) is 11.6 Å². The maximum absolute atomic E-state index is 11.8. The molecule has 0 aromatic carbocycles. The van der Waals surface area contributed by atoms with Gasteiger partial charge in [0, 0.05) is 18.6 Å². The predicted molar refractivity (Wildman–Crippen MR) is 122 cm³/mol. The van der Waals surface area contributed by atoms with Crippen molar-refractivity contribution < 1.29 is 28.9 Å². The van der Waals surface area contributed by atoms with Crippen molar-refractivity contribution in [3.8, 4) is 0 Å². The van der Waals surface area contributed by atoms with Crippen LogP contribution >= 0.6 is 0 Å². The molecule has 184 valence electrons. The van der Waals surface area contributed by atoms with E-state index in [4.69, 9.17) is 14.2 Å². The predicted octanol–water partition coefficient (Wildman–Crippen LogP) is 4.54. The van der Waals surface area contributed by atoms with Gasteiger partial charge >= 0.3 is 11.9 Å². The molecule has 6 nitrogen and oxygen atoms in total. The summed E-state index contributed by atoms with van der Waals surface area (Å²) in [4.78, 5) is 23.6. The Labute approximate surface area is 197 Å². The lowest BCUT2D eigenvalue weighted by atomic mass is 9.38. The van der Waals surface area contributed by atoms with Crippen molar-refractivity contribution in [3.63, 3.8) is 0 Å². The van der Waals surface area contributed by atoms with E-state index in [2.05, 4.69) is 27.7 Å². The second kappa shape index (κ2) is 7.55. The van der Waals surface area contributed by atoms with Gasteiger partial charge in [-0.2, -0.15) is 0 Å². The summed E-state index contributed by atoms with van der Waals surface area (Å²) in [5.74, 6) is 0.680. The zero-order valence-corrected chi connectivity index (χ0v) is 20.8. The van der Waals surface area contributed by atoms with Gasteiger partial charge in [-0.15, -0.1) is 0 Å². The summed E-state index contributed by atoms with van der Waals surface area (Å²) in [7, 11) is 0. The van der Waals surface area contributed by atoms with Crippen molar-refractivity contribution in [3.05, 3.63) is 11.6 Å². The van der Waals surface area contributed by atoms with Gasteiger partial charge in [-0.3, -0.25) is 4.79 Å². The van der Waals surface area contributed by atoms with Gasteiger partial charge in [0.2, 0.25) is 6.29 Å². The van der Waals surface area contributed by atoms with Gasteiger partial charge in [-0.05, 0) is 78.9 Å². The third-order valence-corrected chi connectivity index (χ3v) is 10.6. The van der Waals surface area contributed by atoms with Gasteiger partial charge in [0.1, 0.15) is 12.2 Å². The molecule has 0 bridgehead atoms. The number of cyclic esters (lactones) is 1. The average Bonchev–Trinajstić information content (AvgIpc) is 3.26. The number of aliphatic hydroxyl groups is 1. The molecule has 0 aromatic rings. The van der Waals surface area contributed by atoms with Crippen molar-refractivity contribution in [2.75, 3.05) is 6.61 Å². The van der Waals surface area contributed by atoms with E-state index < -0.39 is 24.0 Å². The standard InChI is InChI=1S/C27H40O6/c1-16(28)31-15-27-12-8-20-25(4)10-6-9-24(2,3)19(25)7-11-26(20,5)21(27)14-18(33-27)17-13-22(29)32-23(17)30/h13,18-21,23,30H,6-12,14-15H2,1-5H3/t18-,19-,20+,21-,23+,25-,26+,27+/m0/s1. The highest BCUT2D eigenvalue weighted by molar-refractivity contribution is 5.85. The molecule has 1 saturated heterocycles. The van der Waals surface area contributed by atoms with Crippen LogP contribution in [0.5, 0.6) is 0 Å². The van der Waals surface area contributed by atoms with Crippen LogP contribution in [0, 0.1) is 34.0 Å². The average molecular weight is 461 g/mol. The van der Waals surface area contributed by atoms with E-state index in [1.54, 1.807) is 0 Å². The zero-order chi connectivity index (χ0) is 23.8. The lowest BCUT2D eigenvalue weighted by Gasteiger charge is -2.67. The Morgan fingerprint density at radius 1 is 1.06 bits per heavy atom. The van der Waals surface area contributed by atoms with Crippen molar-refractivity contribution in [1.29, 1.82) is 0 Å². The van der Waals surface area contributed by atoms with Crippen LogP contribution in [-0.4, -0.2) is 41.6 Å². The second-order valence-electron chi connectivity index (χ2n) is 12.7. The summed E-state index contributed by atoms with van der Waals surface area (Å²) in [6.07, 6.45) is 8.59. The van der Waals surface area contributed by atoms with Crippen LogP contribution in [0.2, 0.25) is 0 Å². The van der Waals surface area contributed by atoms with E-state index in [1.807, 2.05) is 0 Å². The van der Waals surface area contributed by atoms with E-state index in [0.717, 1.165) is 31.6 Å². The molecule has 5 rings (SSSR count). The number of fused-ring (bicyclic) bond motifs is 5. The first-order valence-electron chi connectivity index (χ1n) is 12.8. The summed E-state index contributed by atoms with van der Waals surface area (Å²) < 4.78 is 17.3. The number of carbonyl (C=O) groups excluding carboxylic acids is 2. The first-order valence-corrected chi connectivity index (χ1v) is 12.8. The van der Waals surface area contributed by atoms with Crippen LogP contribution in [0.1, 0.15) is 86.0 Å². The zero-order valence-electron chi connectivity index (χ0n) is 20.8. The molecule has 2 heterocycles. The first kappa shape index (κ1) is 23.3. The fraction of sp³-hybridized carbons (Fsp3) is 0.852. The summed E-state index contributed by atoms with van der Waals surface area (Å²) >= 11 is 0. The maximum Gasteiger partial charge on any atom is 0.333 e. The Kier molecular flexibility index (Phi) is 5.34. The topological polar surface area (TPSA) is 82.1 Å². The molecule has 3 aliphatic carbocycles. The molecule has 33 heavy (non-hydrogen) atoms. The molecular weight excluding hydrogens is 420 g/mol. The third-order valence-electron chi connectivity index (χ3n) is 10.6. The number of rotatable bonds is 3. The van der Waals surface area contributed by atoms with Gasteiger partial charge in [-0.1, -0.05) is 34.1 Å². The second-order valence-corrected chi connectivity index (χ2v) is 12.7. The molecule has 0 amide bonds. The van der Waals surface area contributed by atoms with E-state index in [0.29, 0.717) is 22.3 Å². The van der Waals surface area contributed by atoms with Crippen LogP contribution in [-0.2, 0) is 23.8 Å². The molecule has 0 aromatic heterocycles. The lowest BCUT2D eigenvalue weighted by molar-refractivity contribution is -0.216. The Bertz CT molecular complexity index is 878. The minimum Gasteiger partial charge on any atom is -0.463 e. The molecule has 5 aliphatic rings. The van der Waals surface area contributed by atoms with Crippen molar-refractivity contribution in [2.24, 2.45) is 34.0 Å². The van der Waals surface area contributed by atoms with E-state index in [1.165, 1.54) is 38.7 Å². The van der Waals surface area contributed by atoms with E-state index in [9.17, 15) is 14.7 Å². The summed E-state index contributed by atoms with van der Waals surface area (Å²) in [5.41, 5.74) is 0.648. The molecule has 1 N–H and O–H groups in total. The highest BCUT2D eigenvalue weighted by Crippen LogP contribution is 2.71. The minimum absolute atomic E-state index is 0.0564. The number of ether oxygens (including phenoxy) is 3. The van der Waals surface area contributed by atoms with E-state index in [-0.39, 0.29) is 23.9 Å². The molecular formula is C27H40O6. The van der Waals surface area contributed by atoms with Crippen molar-refractivity contribution in [2.45, 2.75) is 104 Å². The minimum atomic E-state index is -1.25. The molecule has 6 heteroatoms. The number of aliphatic hydroxyl groups excluding tert-OH is 1. The number of esters is 2. The van der Waals surface area contributed by atoms with Crippen LogP contribution < -0.4 is 0 Å². The highest BCUT2D eigenvalue weighted by atomic mass is 16.6. The summed E-state index contributed by atoms with van der Waals surface area (Å²) in [5, 5.41) is 10.3. The van der Waals surface area contributed by atoms with Crippen molar-refractivity contribution in [1.82, 2.24) is 0 Å². The van der Waals surface area contributed by atoms with Gasteiger partial charge in [0.25, 0.3) is 0 Å². The largest absolute Gasteiger partial charge is 0.463 e. The Morgan fingerprint density at radius 3 is 2.42 bits per heavy atom. The van der Waals surface area contributed by atoms with Gasteiger partial charge in [0.15, 0.2) is 0 Å². The molecule has 3 saturated carbocycles. The SMILES string of the molecule is CC(=O)OC[C@]12CC[C@H]3[C@@](C)(CC[C@H]4C(C)(C)CCC[C@]34C)[C@@H]1C[C@@H](C1=CC(=O)O[C@H]1O)O2. The van der Waals surface area contributed by atoms with Gasteiger partial charge in [-0.25, -0.2) is 4.79 Å². The fourth-order valence-electron chi connectivity index (χ4n) is 9.40. The van der Waals surface area contributed by atoms with Crippen LogP contribution in [0.25, 0.3) is 0 Å². The number of hydrogen-bond acceptors (Lipinski definition) is 6. The fourth-order valence-corrected chi connectivity index (χ4v) is 9.40. The smallest absolute Gasteiger partial charge is 0.333 e. The monoisotopic (exact) mass is 460 g/mol. The highest BCUT2D eigenvalue weighted by Gasteiger charge is 2.68. The van der Waals surface area contributed by atoms with Gasteiger partial charge in [0.05, 0.1) is 6.10 Å². The molecule has 0 spiro atoms. The quantitative estimate of drug-likeness (QED) is 0.623. The molecule has 0 radical (unpaired) electrons. The van der Waals surface area contributed by atoms with Crippen LogP contribution in [0.4, 0.5) is 0 Å². The normalized spacial score (nSPS) is 48.2. The summed E-state index contributed by atoms with van der Waals surface area (Å²) in [6, 6.07) is 0. The summed E-state index contributed by atoms with van der Waals surface area (Å²) in [6.45, 7) is 11.6. The Hall–Kier alpha value is -1.40. The Balaban J connectivity index is 1.51. The molecule has 4 fully saturated rings. The molecule has 2 aliphatic heterocycles. The third kappa shape index (κ3) is 3.42. The number of carbonyl (C=O) groups is 2. The first-order chi connectivity index (χ1) is 15.4. The molecule has 0 unspecified atom stereocenters. The maximum atomic E-state index is 11.8. The van der Waals surface area contributed by atoms with Crippen LogP contribution in [0.3, 0.4) is 0 Å².